The van der Waals surface area contributed by atoms with E-state index in [-0.39, 0.29) is 17.8 Å². The number of halogens is 1. The Bertz CT molecular complexity index is 829. The quantitative estimate of drug-likeness (QED) is 0.796. The minimum absolute atomic E-state index is 0.0261. The van der Waals surface area contributed by atoms with Crippen molar-refractivity contribution in [2.24, 2.45) is 0 Å². The van der Waals surface area contributed by atoms with E-state index in [0.717, 1.165) is 63.0 Å². The first-order valence-corrected chi connectivity index (χ1v) is 11.4. The number of rotatable bonds is 3. The van der Waals surface area contributed by atoms with Crippen LogP contribution in [0.15, 0.2) is 12.1 Å². The summed E-state index contributed by atoms with van der Waals surface area (Å²) in [6, 6.07) is 3.85. The van der Waals surface area contributed by atoms with Crippen molar-refractivity contribution in [3.8, 4) is 0 Å². The molecule has 0 spiro atoms. The third-order valence-corrected chi connectivity index (χ3v) is 7.54. The van der Waals surface area contributed by atoms with E-state index in [9.17, 15) is 14.0 Å². The summed E-state index contributed by atoms with van der Waals surface area (Å²) in [6.07, 6.45) is 6.29. The number of nitrogens with one attached hydrogen (secondary N) is 2. The maximum atomic E-state index is 14.1. The van der Waals surface area contributed by atoms with E-state index in [1.807, 2.05) is 6.92 Å². The monoisotopic (exact) mass is 414 g/mol. The number of benzene rings is 1. The fraction of sp³-hybridized carbons (Fsp3) is 0.652. The fourth-order valence-corrected chi connectivity index (χ4v) is 5.88. The molecule has 5 rings (SSSR count). The van der Waals surface area contributed by atoms with Gasteiger partial charge < -0.3 is 15.5 Å². The van der Waals surface area contributed by atoms with Gasteiger partial charge in [0.25, 0.3) is 0 Å². The second-order valence-electron chi connectivity index (χ2n) is 9.42. The Kier molecular flexibility index (Phi) is 5.17. The Morgan fingerprint density at radius 1 is 1.20 bits per heavy atom. The molecule has 4 aliphatic rings. The SMILES string of the molecule is Cc1ccc(F)c2c1NC(C(=O)N[C@@H]1CCC[C@@H](N3CCN4C(=O)CC[C@H]4C3)C1)C2. The van der Waals surface area contributed by atoms with Gasteiger partial charge in [0.1, 0.15) is 11.9 Å². The lowest BCUT2D eigenvalue weighted by molar-refractivity contribution is -0.131. The standard InChI is InChI=1S/C23H31FN4O2/c1-14-5-7-19(24)18-12-20(26-22(14)18)23(30)25-15-3-2-4-16(11-15)27-9-10-28-17(13-27)6-8-21(28)29/h5,7,15-17,20,26H,2-4,6,8-13H2,1H3,(H,25,30)/t15-,16-,17+,20?/m1/s1. The maximum Gasteiger partial charge on any atom is 0.243 e. The summed E-state index contributed by atoms with van der Waals surface area (Å²) < 4.78 is 14.1. The van der Waals surface area contributed by atoms with Gasteiger partial charge in [-0.25, -0.2) is 4.39 Å². The van der Waals surface area contributed by atoms with Gasteiger partial charge in [-0.2, -0.15) is 0 Å². The number of hydrogen-bond acceptors (Lipinski definition) is 4. The third-order valence-electron chi connectivity index (χ3n) is 7.54. The minimum Gasteiger partial charge on any atom is -0.373 e. The van der Waals surface area contributed by atoms with Crippen LogP contribution in [0.1, 0.15) is 49.7 Å². The zero-order chi connectivity index (χ0) is 20.8. The van der Waals surface area contributed by atoms with Gasteiger partial charge in [0, 0.05) is 61.9 Å². The molecular weight excluding hydrogens is 383 g/mol. The molecule has 3 fully saturated rings. The Labute approximate surface area is 177 Å². The van der Waals surface area contributed by atoms with Crippen molar-refractivity contribution < 1.29 is 14.0 Å². The van der Waals surface area contributed by atoms with E-state index < -0.39 is 6.04 Å². The number of fused-ring (bicyclic) bond motifs is 2. The van der Waals surface area contributed by atoms with Crippen LogP contribution in [0.3, 0.4) is 0 Å². The summed E-state index contributed by atoms with van der Waals surface area (Å²) in [6.45, 7) is 4.68. The van der Waals surface area contributed by atoms with Gasteiger partial charge in [0.05, 0.1) is 0 Å². The second kappa shape index (κ2) is 7.84. The molecule has 3 aliphatic heterocycles. The van der Waals surface area contributed by atoms with Crippen LogP contribution in [-0.2, 0) is 16.0 Å². The van der Waals surface area contributed by atoms with E-state index >= 15 is 0 Å². The number of carbonyl (C=O) groups is 2. The van der Waals surface area contributed by atoms with E-state index in [4.69, 9.17) is 0 Å². The van der Waals surface area contributed by atoms with Crippen LogP contribution >= 0.6 is 0 Å². The van der Waals surface area contributed by atoms with Crippen LogP contribution in [0.2, 0.25) is 0 Å². The van der Waals surface area contributed by atoms with Crippen molar-refractivity contribution in [3.05, 3.63) is 29.1 Å². The number of hydrogen-bond donors (Lipinski definition) is 2. The molecule has 6 nitrogen and oxygen atoms in total. The zero-order valence-electron chi connectivity index (χ0n) is 17.6. The number of carbonyl (C=O) groups excluding carboxylic acids is 2. The summed E-state index contributed by atoms with van der Waals surface area (Å²) in [5.74, 6) is 0.0488. The molecule has 0 radical (unpaired) electrons. The summed E-state index contributed by atoms with van der Waals surface area (Å²) in [4.78, 5) is 29.5. The molecule has 3 heterocycles. The number of piperazine rings is 1. The number of nitrogens with zero attached hydrogens (tertiary/aromatic N) is 2. The van der Waals surface area contributed by atoms with Crippen molar-refractivity contribution in [2.75, 3.05) is 25.0 Å². The molecule has 1 aromatic carbocycles. The highest BCUT2D eigenvalue weighted by atomic mass is 19.1. The van der Waals surface area contributed by atoms with E-state index in [0.29, 0.717) is 36.4 Å². The molecule has 1 unspecified atom stereocenters. The summed E-state index contributed by atoms with van der Waals surface area (Å²) in [7, 11) is 0. The molecule has 7 heteroatoms. The Balaban J connectivity index is 1.17. The normalized spacial score (nSPS) is 31.3. The molecule has 1 aromatic rings. The zero-order valence-corrected chi connectivity index (χ0v) is 17.6. The Morgan fingerprint density at radius 2 is 2.07 bits per heavy atom. The van der Waals surface area contributed by atoms with E-state index in [1.54, 1.807) is 6.07 Å². The molecule has 30 heavy (non-hydrogen) atoms. The number of aryl methyl sites for hydroxylation is 1. The van der Waals surface area contributed by atoms with Gasteiger partial charge in [-0.3, -0.25) is 14.5 Å². The van der Waals surface area contributed by atoms with Gasteiger partial charge in [-0.15, -0.1) is 0 Å². The Morgan fingerprint density at radius 3 is 2.90 bits per heavy atom. The first kappa shape index (κ1) is 19.8. The van der Waals surface area contributed by atoms with Crippen LogP contribution in [-0.4, -0.2) is 65.4 Å². The highest BCUT2D eigenvalue weighted by Gasteiger charge is 2.39. The topological polar surface area (TPSA) is 64.7 Å². The molecule has 0 bridgehead atoms. The van der Waals surface area contributed by atoms with Crippen LogP contribution < -0.4 is 10.6 Å². The lowest BCUT2D eigenvalue weighted by Gasteiger charge is -2.44. The van der Waals surface area contributed by atoms with Gasteiger partial charge in [-0.05, 0) is 50.7 Å². The second-order valence-corrected chi connectivity index (χ2v) is 9.42. The average molecular weight is 415 g/mol. The first-order chi connectivity index (χ1) is 14.5. The van der Waals surface area contributed by atoms with Crippen LogP contribution in [0, 0.1) is 12.7 Å². The summed E-state index contributed by atoms with van der Waals surface area (Å²) >= 11 is 0. The average Bonchev–Trinajstić information content (AvgIpc) is 3.36. The molecule has 2 N–H and O–H groups in total. The minimum atomic E-state index is -0.399. The predicted octanol–water partition coefficient (Wildman–Crippen LogP) is 2.20. The largest absolute Gasteiger partial charge is 0.373 e. The molecule has 1 saturated carbocycles. The lowest BCUT2D eigenvalue weighted by atomic mass is 9.89. The maximum absolute atomic E-state index is 14.1. The number of anilines is 1. The molecule has 4 atom stereocenters. The van der Waals surface area contributed by atoms with Gasteiger partial charge in [0.15, 0.2) is 0 Å². The van der Waals surface area contributed by atoms with Gasteiger partial charge >= 0.3 is 0 Å². The molecular formula is C23H31FN4O2. The fourth-order valence-electron chi connectivity index (χ4n) is 5.88. The molecule has 2 amide bonds. The summed E-state index contributed by atoms with van der Waals surface area (Å²) in [5, 5.41) is 6.48. The van der Waals surface area contributed by atoms with E-state index in [2.05, 4.69) is 20.4 Å². The van der Waals surface area contributed by atoms with Crippen molar-refractivity contribution in [2.45, 2.75) is 76.0 Å². The molecule has 1 aliphatic carbocycles. The van der Waals surface area contributed by atoms with Crippen LogP contribution in [0.4, 0.5) is 10.1 Å². The summed E-state index contributed by atoms with van der Waals surface area (Å²) in [5.41, 5.74) is 2.38. The Hall–Kier alpha value is -2.15. The smallest absolute Gasteiger partial charge is 0.243 e. The predicted molar refractivity (Wildman–Crippen MR) is 113 cm³/mol. The van der Waals surface area contributed by atoms with E-state index in [1.165, 1.54) is 6.07 Å². The van der Waals surface area contributed by atoms with Gasteiger partial charge in [0.2, 0.25) is 11.8 Å². The van der Waals surface area contributed by atoms with Crippen molar-refractivity contribution in [3.63, 3.8) is 0 Å². The molecule has 0 aromatic heterocycles. The molecule has 2 saturated heterocycles. The highest BCUT2D eigenvalue weighted by Crippen LogP contribution is 2.32. The number of amides is 2. The lowest BCUT2D eigenvalue weighted by Crippen LogP contribution is -2.56. The van der Waals surface area contributed by atoms with Gasteiger partial charge in [-0.1, -0.05) is 6.07 Å². The van der Waals surface area contributed by atoms with Crippen LogP contribution in [0.25, 0.3) is 0 Å². The van der Waals surface area contributed by atoms with Crippen molar-refractivity contribution >= 4 is 17.5 Å². The first-order valence-electron chi connectivity index (χ1n) is 11.4. The third kappa shape index (κ3) is 3.57. The van der Waals surface area contributed by atoms with Crippen LogP contribution in [0.5, 0.6) is 0 Å². The van der Waals surface area contributed by atoms with Crippen molar-refractivity contribution in [1.82, 2.24) is 15.1 Å². The molecule has 162 valence electrons. The highest BCUT2D eigenvalue weighted by molar-refractivity contribution is 5.88. The van der Waals surface area contributed by atoms with Crippen molar-refractivity contribution in [1.29, 1.82) is 0 Å².